The molecular weight excluding hydrogens is 332 g/mol. The summed E-state index contributed by atoms with van der Waals surface area (Å²) in [6, 6.07) is 7.28. The van der Waals surface area contributed by atoms with E-state index in [-0.39, 0.29) is 17.8 Å². The summed E-state index contributed by atoms with van der Waals surface area (Å²) in [5, 5.41) is 1.25. The van der Waals surface area contributed by atoms with E-state index >= 15 is 0 Å². The number of nitrogens with zero attached hydrogens (tertiary/aromatic N) is 1. The average Bonchev–Trinajstić information content (AvgIpc) is 2.91. The fraction of sp³-hybridized carbons (Fsp3) is 0.294. The van der Waals surface area contributed by atoms with Crippen molar-refractivity contribution in [2.24, 2.45) is 0 Å². The molecule has 0 spiro atoms. The van der Waals surface area contributed by atoms with Crippen molar-refractivity contribution in [1.29, 1.82) is 0 Å². The van der Waals surface area contributed by atoms with Crippen LogP contribution >= 0.6 is 22.9 Å². The van der Waals surface area contributed by atoms with Crippen LogP contribution in [-0.4, -0.2) is 9.55 Å². The van der Waals surface area contributed by atoms with Crippen molar-refractivity contribution in [1.82, 2.24) is 9.55 Å². The van der Waals surface area contributed by atoms with Crippen molar-refractivity contribution in [3.63, 3.8) is 0 Å². The van der Waals surface area contributed by atoms with Gasteiger partial charge >= 0.3 is 5.69 Å². The molecular formula is C17H15ClN2O2S. The number of halogens is 1. The molecule has 3 aromatic rings. The van der Waals surface area contributed by atoms with Crippen molar-refractivity contribution < 1.29 is 0 Å². The van der Waals surface area contributed by atoms with Crippen LogP contribution in [0.15, 0.2) is 33.9 Å². The molecule has 6 heteroatoms. The zero-order chi connectivity index (χ0) is 16.0. The molecule has 2 aromatic heterocycles. The number of rotatable bonds is 2. The van der Waals surface area contributed by atoms with E-state index in [1.54, 1.807) is 17.4 Å². The molecule has 0 saturated carbocycles. The molecule has 4 rings (SSSR count). The summed E-state index contributed by atoms with van der Waals surface area (Å²) in [4.78, 5) is 30.1. The van der Waals surface area contributed by atoms with Crippen LogP contribution in [0.25, 0.3) is 10.2 Å². The Morgan fingerprint density at radius 1 is 1.17 bits per heavy atom. The van der Waals surface area contributed by atoms with Gasteiger partial charge in [-0.25, -0.2) is 4.79 Å². The lowest BCUT2D eigenvalue weighted by atomic mass is 9.97. The number of aryl methyl sites for hydroxylation is 2. The molecule has 4 nitrogen and oxygen atoms in total. The van der Waals surface area contributed by atoms with E-state index in [9.17, 15) is 9.59 Å². The highest BCUT2D eigenvalue weighted by molar-refractivity contribution is 7.18. The Morgan fingerprint density at radius 3 is 2.78 bits per heavy atom. The number of hydrogen-bond acceptors (Lipinski definition) is 3. The van der Waals surface area contributed by atoms with Gasteiger partial charge in [0.1, 0.15) is 4.83 Å². The van der Waals surface area contributed by atoms with Gasteiger partial charge in [0.15, 0.2) is 0 Å². The van der Waals surface area contributed by atoms with Gasteiger partial charge < -0.3 is 0 Å². The van der Waals surface area contributed by atoms with Gasteiger partial charge in [-0.3, -0.25) is 14.3 Å². The van der Waals surface area contributed by atoms with Gasteiger partial charge in [0, 0.05) is 9.90 Å². The molecule has 0 atom stereocenters. The molecule has 1 aliphatic carbocycles. The summed E-state index contributed by atoms with van der Waals surface area (Å²) in [6.07, 6.45) is 4.17. The first-order chi connectivity index (χ1) is 11.1. The smallest absolute Gasteiger partial charge is 0.298 e. The largest absolute Gasteiger partial charge is 0.329 e. The predicted molar refractivity (Wildman–Crippen MR) is 93.9 cm³/mol. The highest BCUT2D eigenvalue weighted by Gasteiger charge is 2.21. The lowest BCUT2D eigenvalue weighted by molar-refractivity contribution is 0.692. The minimum atomic E-state index is -0.374. The number of hydrogen-bond donors (Lipinski definition) is 1. The number of aromatic nitrogens is 2. The van der Waals surface area contributed by atoms with Crippen LogP contribution in [-0.2, 0) is 19.4 Å². The minimum absolute atomic E-state index is 0.189. The van der Waals surface area contributed by atoms with Crippen LogP contribution in [0.5, 0.6) is 0 Å². The molecule has 0 aliphatic heterocycles. The highest BCUT2D eigenvalue weighted by atomic mass is 35.5. The summed E-state index contributed by atoms with van der Waals surface area (Å²) in [7, 11) is 0. The Balaban J connectivity index is 1.92. The fourth-order valence-electron chi connectivity index (χ4n) is 3.21. The van der Waals surface area contributed by atoms with Crippen LogP contribution in [0.3, 0.4) is 0 Å². The highest BCUT2D eigenvalue weighted by Crippen LogP contribution is 2.33. The first-order valence-corrected chi connectivity index (χ1v) is 8.85. The van der Waals surface area contributed by atoms with E-state index in [0.717, 1.165) is 36.8 Å². The molecule has 0 unspecified atom stereocenters. The third-order valence-corrected chi connectivity index (χ3v) is 5.96. The first kappa shape index (κ1) is 14.7. The molecule has 0 radical (unpaired) electrons. The maximum absolute atomic E-state index is 12.9. The molecule has 23 heavy (non-hydrogen) atoms. The van der Waals surface area contributed by atoms with E-state index in [1.807, 2.05) is 18.2 Å². The molecule has 1 aliphatic rings. The molecule has 0 saturated heterocycles. The molecule has 118 valence electrons. The second kappa shape index (κ2) is 5.65. The number of thiophene rings is 1. The molecule has 0 bridgehead atoms. The van der Waals surface area contributed by atoms with Crippen molar-refractivity contribution in [2.75, 3.05) is 0 Å². The SMILES string of the molecule is O=c1[nH]c2sc3c(c2c(=O)n1Cc1ccccc1Cl)CCCC3. The van der Waals surface area contributed by atoms with Crippen molar-refractivity contribution in [3.8, 4) is 0 Å². The fourth-order valence-corrected chi connectivity index (χ4v) is 4.68. The van der Waals surface area contributed by atoms with Crippen molar-refractivity contribution >= 4 is 33.2 Å². The van der Waals surface area contributed by atoms with Gasteiger partial charge in [-0.05, 0) is 42.9 Å². The van der Waals surface area contributed by atoms with E-state index < -0.39 is 0 Å². The Bertz CT molecular complexity index is 1020. The summed E-state index contributed by atoms with van der Waals surface area (Å²) in [6.45, 7) is 0.189. The predicted octanol–water partition coefficient (Wildman–Crippen LogP) is 3.33. The third kappa shape index (κ3) is 2.44. The summed E-state index contributed by atoms with van der Waals surface area (Å²) >= 11 is 7.72. The maximum Gasteiger partial charge on any atom is 0.329 e. The van der Waals surface area contributed by atoms with E-state index in [1.165, 1.54) is 9.44 Å². The van der Waals surface area contributed by atoms with Gasteiger partial charge in [0.25, 0.3) is 5.56 Å². The van der Waals surface area contributed by atoms with Gasteiger partial charge in [0.05, 0.1) is 11.9 Å². The lowest BCUT2D eigenvalue weighted by Gasteiger charge is -2.10. The number of fused-ring (bicyclic) bond motifs is 3. The van der Waals surface area contributed by atoms with Crippen LogP contribution in [0, 0.1) is 0 Å². The molecule has 0 amide bonds. The summed E-state index contributed by atoms with van der Waals surface area (Å²) in [5.74, 6) is 0. The summed E-state index contributed by atoms with van der Waals surface area (Å²) < 4.78 is 1.26. The van der Waals surface area contributed by atoms with Crippen molar-refractivity contribution in [2.45, 2.75) is 32.2 Å². The maximum atomic E-state index is 12.9. The van der Waals surface area contributed by atoms with Gasteiger partial charge in [-0.2, -0.15) is 0 Å². The van der Waals surface area contributed by atoms with E-state index in [2.05, 4.69) is 4.98 Å². The normalized spacial score (nSPS) is 14.1. The zero-order valence-electron chi connectivity index (χ0n) is 12.4. The van der Waals surface area contributed by atoms with E-state index in [0.29, 0.717) is 15.2 Å². The number of nitrogens with one attached hydrogen (secondary N) is 1. The Hall–Kier alpha value is -1.85. The quantitative estimate of drug-likeness (QED) is 0.773. The zero-order valence-corrected chi connectivity index (χ0v) is 14.0. The second-order valence-corrected chi connectivity index (χ2v) is 7.34. The van der Waals surface area contributed by atoms with E-state index in [4.69, 9.17) is 11.6 Å². The summed E-state index contributed by atoms with van der Waals surface area (Å²) in [5.41, 5.74) is 1.32. The van der Waals surface area contributed by atoms with Gasteiger partial charge in [0.2, 0.25) is 0 Å². The Kier molecular flexibility index (Phi) is 3.62. The number of H-pyrrole nitrogens is 1. The Labute approximate surface area is 141 Å². The topological polar surface area (TPSA) is 54.9 Å². The second-order valence-electron chi connectivity index (χ2n) is 5.83. The molecule has 0 fully saturated rings. The minimum Gasteiger partial charge on any atom is -0.298 e. The molecule has 1 N–H and O–H groups in total. The number of benzene rings is 1. The first-order valence-electron chi connectivity index (χ1n) is 7.66. The standard InChI is InChI=1S/C17H15ClN2O2S/c18-12-7-3-1-5-10(12)9-20-16(21)14-11-6-2-4-8-13(11)23-15(14)19-17(20)22/h1,3,5,7H,2,4,6,8-9H2,(H,19,22). The monoisotopic (exact) mass is 346 g/mol. The van der Waals surface area contributed by atoms with Crippen molar-refractivity contribution in [3.05, 3.63) is 66.1 Å². The number of aromatic amines is 1. The van der Waals surface area contributed by atoms with Gasteiger partial charge in [-0.15, -0.1) is 11.3 Å². The van der Waals surface area contributed by atoms with Gasteiger partial charge in [-0.1, -0.05) is 29.8 Å². The molecule has 2 heterocycles. The average molecular weight is 347 g/mol. The van der Waals surface area contributed by atoms with Crippen LogP contribution < -0.4 is 11.2 Å². The lowest BCUT2D eigenvalue weighted by Crippen LogP contribution is -2.35. The Morgan fingerprint density at radius 2 is 1.96 bits per heavy atom. The molecule has 1 aromatic carbocycles. The van der Waals surface area contributed by atoms with Crippen LogP contribution in [0.2, 0.25) is 5.02 Å². The van der Waals surface area contributed by atoms with Crippen LogP contribution in [0.4, 0.5) is 0 Å². The third-order valence-electron chi connectivity index (χ3n) is 4.38. The van der Waals surface area contributed by atoms with Crippen LogP contribution in [0.1, 0.15) is 28.8 Å².